The number of hydrogen-bond acceptors (Lipinski definition) is 1. The minimum absolute atomic E-state index is 0.832. The Kier molecular flexibility index (Phi) is 3.24. The van der Waals surface area contributed by atoms with Gasteiger partial charge in [0.15, 0.2) is 0 Å². The Morgan fingerprint density at radius 3 is 2.73 bits per heavy atom. The van der Waals surface area contributed by atoms with Crippen LogP contribution in [0.2, 0.25) is 5.02 Å². The van der Waals surface area contributed by atoms with Crippen molar-refractivity contribution in [3.05, 3.63) is 63.3 Å². The van der Waals surface area contributed by atoms with Crippen LogP contribution in [0.25, 0.3) is 6.08 Å². The molecule has 2 heteroatoms. The van der Waals surface area contributed by atoms with Gasteiger partial charge in [-0.05, 0) is 28.6 Å². The molecule has 0 spiro atoms. The van der Waals surface area contributed by atoms with Crippen molar-refractivity contribution in [3.63, 3.8) is 0 Å². The molecular formula is C13H11ClS. The molecule has 15 heavy (non-hydrogen) atoms. The first-order valence-electron chi connectivity index (χ1n) is 4.73. The van der Waals surface area contributed by atoms with Crippen LogP contribution in [0.4, 0.5) is 0 Å². The molecule has 1 aromatic heterocycles. The lowest BCUT2D eigenvalue weighted by Crippen LogP contribution is -1.88. The molecule has 0 atom stereocenters. The molecule has 0 saturated heterocycles. The molecule has 0 bridgehead atoms. The highest BCUT2D eigenvalue weighted by Gasteiger charge is 2.04. The molecule has 0 nitrogen and oxygen atoms in total. The van der Waals surface area contributed by atoms with Crippen LogP contribution in [0, 0.1) is 0 Å². The third kappa shape index (κ3) is 2.31. The summed E-state index contributed by atoms with van der Waals surface area (Å²) < 4.78 is 0. The highest BCUT2D eigenvalue weighted by atomic mass is 35.5. The molecule has 0 fully saturated rings. The zero-order chi connectivity index (χ0) is 10.7. The molecular weight excluding hydrogens is 224 g/mol. The number of halogens is 1. The van der Waals surface area contributed by atoms with Crippen molar-refractivity contribution < 1.29 is 0 Å². The lowest BCUT2D eigenvalue weighted by Gasteiger charge is -2.03. The minimum atomic E-state index is 0.832. The van der Waals surface area contributed by atoms with Crippen LogP contribution >= 0.6 is 22.9 Å². The Balaban J connectivity index is 2.29. The first kappa shape index (κ1) is 10.5. The SMILES string of the molecule is C=Cc1sccc1Cc1ccccc1Cl. The van der Waals surface area contributed by atoms with Crippen LogP contribution in [0.5, 0.6) is 0 Å². The first-order chi connectivity index (χ1) is 7.31. The zero-order valence-corrected chi connectivity index (χ0v) is 9.81. The van der Waals surface area contributed by atoms with Gasteiger partial charge in [-0.15, -0.1) is 11.3 Å². The fourth-order valence-electron chi connectivity index (χ4n) is 1.52. The van der Waals surface area contributed by atoms with Crippen molar-refractivity contribution in [1.82, 2.24) is 0 Å². The summed E-state index contributed by atoms with van der Waals surface area (Å²) in [6.45, 7) is 3.81. The van der Waals surface area contributed by atoms with Crippen LogP contribution in [0.3, 0.4) is 0 Å². The van der Waals surface area contributed by atoms with Crippen molar-refractivity contribution in [2.24, 2.45) is 0 Å². The van der Waals surface area contributed by atoms with Crippen LogP contribution in [0.1, 0.15) is 16.0 Å². The Labute approximate surface area is 98.8 Å². The predicted octanol–water partition coefficient (Wildman–Crippen LogP) is 4.64. The normalized spacial score (nSPS) is 10.2. The second-order valence-corrected chi connectivity index (χ2v) is 4.64. The van der Waals surface area contributed by atoms with Crippen LogP contribution in [-0.4, -0.2) is 0 Å². The highest BCUT2D eigenvalue weighted by Crippen LogP contribution is 2.24. The maximum Gasteiger partial charge on any atom is 0.0441 e. The number of benzene rings is 1. The van der Waals surface area contributed by atoms with Crippen LogP contribution in [0.15, 0.2) is 42.3 Å². The van der Waals surface area contributed by atoms with Crippen molar-refractivity contribution in [1.29, 1.82) is 0 Å². The van der Waals surface area contributed by atoms with Crippen molar-refractivity contribution in [3.8, 4) is 0 Å². The number of rotatable bonds is 3. The van der Waals surface area contributed by atoms with Gasteiger partial charge in [0.05, 0.1) is 0 Å². The van der Waals surface area contributed by atoms with Gasteiger partial charge in [0.2, 0.25) is 0 Å². The largest absolute Gasteiger partial charge is 0.144 e. The van der Waals surface area contributed by atoms with E-state index in [1.54, 1.807) is 11.3 Å². The second-order valence-electron chi connectivity index (χ2n) is 3.28. The van der Waals surface area contributed by atoms with Gasteiger partial charge < -0.3 is 0 Å². The Bertz CT molecular complexity index is 471. The number of hydrogen-bond donors (Lipinski definition) is 0. The Hall–Kier alpha value is -1.05. The van der Waals surface area contributed by atoms with E-state index in [9.17, 15) is 0 Å². The summed E-state index contributed by atoms with van der Waals surface area (Å²) in [7, 11) is 0. The molecule has 0 unspecified atom stereocenters. The van der Waals surface area contributed by atoms with Crippen molar-refractivity contribution in [2.45, 2.75) is 6.42 Å². The first-order valence-corrected chi connectivity index (χ1v) is 5.99. The lowest BCUT2D eigenvalue weighted by atomic mass is 10.1. The molecule has 0 aliphatic carbocycles. The van der Waals surface area contributed by atoms with Crippen LogP contribution < -0.4 is 0 Å². The monoisotopic (exact) mass is 234 g/mol. The summed E-state index contributed by atoms with van der Waals surface area (Å²) in [6.07, 6.45) is 2.78. The number of thiophene rings is 1. The van der Waals surface area contributed by atoms with Gasteiger partial charge in [0.1, 0.15) is 0 Å². The molecule has 0 saturated carbocycles. The van der Waals surface area contributed by atoms with E-state index in [2.05, 4.69) is 24.1 Å². The average Bonchev–Trinajstić information content (AvgIpc) is 2.69. The minimum Gasteiger partial charge on any atom is -0.144 e. The van der Waals surface area contributed by atoms with Gasteiger partial charge in [0, 0.05) is 16.3 Å². The fraction of sp³-hybridized carbons (Fsp3) is 0.0769. The Morgan fingerprint density at radius 1 is 1.20 bits per heavy atom. The maximum absolute atomic E-state index is 6.11. The van der Waals surface area contributed by atoms with Crippen molar-refractivity contribution >= 4 is 29.0 Å². The summed E-state index contributed by atoms with van der Waals surface area (Å²) in [4.78, 5) is 1.23. The molecule has 0 aliphatic heterocycles. The Morgan fingerprint density at radius 2 is 2.00 bits per heavy atom. The third-order valence-corrected chi connectivity index (χ3v) is 3.63. The topological polar surface area (TPSA) is 0 Å². The van der Waals surface area contributed by atoms with E-state index < -0.39 is 0 Å². The average molecular weight is 235 g/mol. The standard InChI is InChI=1S/C13H11ClS/c1-2-13-11(7-8-15-13)9-10-5-3-4-6-12(10)14/h2-8H,1,9H2. The third-order valence-electron chi connectivity index (χ3n) is 2.30. The maximum atomic E-state index is 6.11. The van der Waals surface area contributed by atoms with Crippen molar-refractivity contribution in [2.75, 3.05) is 0 Å². The van der Waals surface area contributed by atoms with Gasteiger partial charge in [0.25, 0.3) is 0 Å². The van der Waals surface area contributed by atoms with E-state index in [1.807, 2.05) is 24.3 Å². The van der Waals surface area contributed by atoms with E-state index in [0.29, 0.717) is 0 Å². The zero-order valence-electron chi connectivity index (χ0n) is 8.24. The second kappa shape index (κ2) is 4.65. The molecule has 0 amide bonds. The summed E-state index contributed by atoms with van der Waals surface area (Å²) in [5, 5.41) is 2.92. The van der Waals surface area contributed by atoms with Gasteiger partial charge in [-0.1, -0.05) is 42.5 Å². The molecule has 0 aliphatic rings. The molecule has 0 radical (unpaired) electrons. The quantitative estimate of drug-likeness (QED) is 0.726. The molecule has 1 heterocycles. The van der Waals surface area contributed by atoms with Gasteiger partial charge in [-0.2, -0.15) is 0 Å². The smallest absolute Gasteiger partial charge is 0.0441 e. The van der Waals surface area contributed by atoms with Gasteiger partial charge in [-0.3, -0.25) is 0 Å². The highest BCUT2D eigenvalue weighted by molar-refractivity contribution is 7.11. The summed E-state index contributed by atoms with van der Waals surface area (Å²) in [5.74, 6) is 0. The van der Waals surface area contributed by atoms with E-state index >= 15 is 0 Å². The van der Waals surface area contributed by atoms with Crippen LogP contribution in [-0.2, 0) is 6.42 Å². The molecule has 0 N–H and O–H groups in total. The van der Waals surface area contributed by atoms with Gasteiger partial charge >= 0.3 is 0 Å². The molecule has 1 aromatic carbocycles. The lowest BCUT2D eigenvalue weighted by molar-refractivity contribution is 1.21. The summed E-state index contributed by atoms with van der Waals surface area (Å²) >= 11 is 7.83. The fourth-order valence-corrected chi connectivity index (χ4v) is 2.49. The van der Waals surface area contributed by atoms with Gasteiger partial charge in [-0.25, -0.2) is 0 Å². The summed E-state index contributed by atoms with van der Waals surface area (Å²) in [6, 6.07) is 10.1. The summed E-state index contributed by atoms with van der Waals surface area (Å²) in [5.41, 5.74) is 2.46. The van der Waals surface area contributed by atoms with E-state index in [1.165, 1.54) is 16.0 Å². The van der Waals surface area contributed by atoms with E-state index in [-0.39, 0.29) is 0 Å². The molecule has 2 rings (SSSR count). The molecule has 76 valence electrons. The predicted molar refractivity (Wildman–Crippen MR) is 68.7 cm³/mol. The van der Waals surface area contributed by atoms with E-state index in [4.69, 9.17) is 11.6 Å². The van der Waals surface area contributed by atoms with E-state index in [0.717, 1.165) is 11.4 Å². The molecule has 2 aromatic rings.